The predicted octanol–water partition coefficient (Wildman–Crippen LogP) is 3.71. The molecule has 3 aromatic carbocycles. The van der Waals surface area contributed by atoms with Crippen molar-refractivity contribution in [3.63, 3.8) is 0 Å². The summed E-state index contributed by atoms with van der Waals surface area (Å²) in [7, 11) is 1.70. The number of methoxy groups -OCH3 is 1. The van der Waals surface area contributed by atoms with Crippen molar-refractivity contribution < 1.29 is 9.53 Å². The second-order valence-corrected chi connectivity index (χ2v) is 8.73. The van der Waals surface area contributed by atoms with E-state index in [1.807, 2.05) is 18.3 Å². The van der Waals surface area contributed by atoms with E-state index in [4.69, 9.17) is 4.74 Å². The first-order valence-corrected chi connectivity index (χ1v) is 11.5. The minimum Gasteiger partial charge on any atom is -0.497 e. The molecule has 0 saturated carbocycles. The second-order valence-electron chi connectivity index (χ2n) is 8.73. The number of amides is 1. The smallest absolute Gasteiger partial charge is 0.234 e. The predicted molar refractivity (Wildman–Crippen MR) is 134 cm³/mol. The number of nitrogens with zero attached hydrogens (tertiary/aromatic N) is 3. The van der Waals surface area contributed by atoms with Crippen molar-refractivity contribution >= 4 is 22.5 Å². The number of hydrogen-bond donors (Lipinski definition) is 2. The Bertz CT molecular complexity index is 1280. The van der Waals surface area contributed by atoms with E-state index < -0.39 is 0 Å². The number of benzene rings is 3. The Hall–Kier alpha value is -3.84. The number of carbonyl (C=O) groups is 1. The fourth-order valence-corrected chi connectivity index (χ4v) is 4.47. The molecule has 174 valence electrons. The minimum absolute atomic E-state index is 0.0938. The van der Waals surface area contributed by atoms with Crippen LogP contribution in [0.3, 0.4) is 0 Å². The van der Waals surface area contributed by atoms with E-state index in [1.165, 1.54) is 16.7 Å². The number of fused-ring (bicyclic) bond motifs is 1. The molecule has 1 aromatic heterocycles. The lowest BCUT2D eigenvalue weighted by Crippen LogP contribution is -2.47. The molecule has 1 fully saturated rings. The topological polar surface area (TPSA) is 73.5 Å². The van der Waals surface area contributed by atoms with Crippen LogP contribution in [0, 0.1) is 0 Å². The van der Waals surface area contributed by atoms with E-state index >= 15 is 0 Å². The molecule has 7 heteroatoms. The van der Waals surface area contributed by atoms with Crippen LogP contribution in [0.5, 0.6) is 5.75 Å². The van der Waals surface area contributed by atoms with Crippen molar-refractivity contribution in [3.05, 3.63) is 89.6 Å². The number of anilines is 1. The number of H-pyrrole nitrogens is 1. The maximum absolute atomic E-state index is 11.8. The largest absolute Gasteiger partial charge is 0.497 e. The Morgan fingerprint density at radius 3 is 2.68 bits per heavy atom. The normalized spacial score (nSPS) is 14.2. The van der Waals surface area contributed by atoms with Crippen molar-refractivity contribution in [2.75, 3.05) is 31.6 Å². The Morgan fingerprint density at radius 1 is 1.00 bits per heavy atom. The molecule has 1 saturated heterocycles. The second kappa shape index (κ2) is 9.97. The molecule has 2 N–H and O–H groups in total. The van der Waals surface area contributed by atoms with Gasteiger partial charge in [0.1, 0.15) is 5.75 Å². The first-order valence-electron chi connectivity index (χ1n) is 11.5. The standard InChI is InChI=1S/C27H29N5O2/c1-34-25-7-3-5-21(13-25)17-32(18-22-8-9-23-15-29-30-26(23)14-22)24-6-2-4-20(12-24)16-31-11-10-28-27(33)19-31/h2-9,12-15H,10-11,16-19H2,1H3,(H,28,33)(H,29,30). The monoisotopic (exact) mass is 455 g/mol. The maximum atomic E-state index is 11.8. The van der Waals surface area contributed by atoms with Crippen LogP contribution in [0.25, 0.3) is 10.9 Å². The third-order valence-electron chi connectivity index (χ3n) is 6.19. The van der Waals surface area contributed by atoms with Gasteiger partial charge >= 0.3 is 0 Å². The van der Waals surface area contributed by atoms with Crippen molar-refractivity contribution in [2.45, 2.75) is 19.6 Å². The van der Waals surface area contributed by atoms with Gasteiger partial charge in [-0.05, 0) is 47.0 Å². The third-order valence-corrected chi connectivity index (χ3v) is 6.19. The van der Waals surface area contributed by atoms with Crippen LogP contribution in [-0.2, 0) is 24.4 Å². The van der Waals surface area contributed by atoms with Gasteiger partial charge in [-0.25, -0.2) is 0 Å². The summed E-state index contributed by atoms with van der Waals surface area (Å²) in [5.41, 5.74) is 5.77. The van der Waals surface area contributed by atoms with Gasteiger partial charge in [-0.3, -0.25) is 14.8 Å². The molecule has 0 atom stereocenters. The summed E-state index contributed by atoms with van der Waals surface area (Å²) in [6, 6.07) is 23.3. The van der Waals surface area contributed by atoms with E-state index in [1.54, 1.807) is 7.11 Å². The van der Waals surface area contributed by atoms with Crippen LogP contribution in [-0.4, -0.2) is 47.7 Å². The van der Waals surface area contributed by atoms with Crippen LogP contribution < -0.4 is 15.0 Å². The molecule has 34 heavy (non-hydrogen) atoms. The molecule has 0 spiro atoms. The highest BCUT2D eigenvalue weighted by Gasteiger charge is 2.17. The van der Waals surface area contributed by atoms with Crippen molar-refractivity contribution in [1.82, 2.24) is 20.4 Å². The van der Waals surface area contributed by atoms with Gasteiger partial charge in [-0.15, -0.1) is 0 Å². The summed E-state index contributed by atoms with van der Waals surface area (Å²) in [5, 5.41) is 11.2. The molecular formula is C27H29N5O2. The van der Waals surface area contributed by atoms with E-state index in [-0.39, 0.29) is 5.91 Å². The molecular weight excluding hydrogens is 426 g/mol. The molecule has 2 heterocycles. The molecule has 1 amide bonds. The van der Waals surface area contributed by atoms with Crippen LogP contribution in [0.15, 0.2) is 72.9 Å². The van der Waals surface area contributed by atoms with Gasteiger partial charge in [-0.2, -0.15) is 5.10 Å². The Balaban J connectivity index is 1.42. The fraction of sp³-hybridized carbons (Fsp3) is 0.259. The number of rotatable bonds is 8. The summed E-state index contributed by atoms with van der Waals surface area (Å²) < 4.78 is 5.44. The highest BCUT2D eigenvalue weighted by Crippen LogP contribution is 2.25. The molecule has 0 radical (unpaired) electrons. The molecule has 0 aliphatic carbocycles. The van der Waals surface area contributed by atoms with E-state index in [9.17, 15) is 4.79 Å². The average molecular weight is 456 g/mol. The Kier molecular flexibility index (Phi) is 6.44. The SMILES string of the molecule is COc1cccc(CN(Cc2ccc3cn[nH]c3c2)c2cccc(CN3CCNC(=O)C3)c2)c1. The Morgan fingerprint density at radius 2 is 1.82 bits per heavy atom. The summed E-state index contributed by atoms with van der Waals surface area (Å²) in [5.74, 6) is 0.949. The number of nitrogens with one attached hydrogen (secondary N) is 2. The quantitative estimate of drug-likeness (QED) is 0.424. The van der Waals surface area contributed by atoms with Crippen LogP contribution >= 0.6 is 0 Å². The van der Waals surface area contributed by atoms with Gasteiger partial charge in [-0.1, -0.05) is 36.4 Å². The number of piperazine rings is 1. The van der Waals surface area contributed by atoms with Gasteiger partial charge in [0.05, 0.1) is 25.4 Å². The first-order chi connectivity index (χ1) is 16.7. The van der Waals surface area contributed by atoms with Gasteiger partial charge in [0.2, 0.25) is 5.91 Å². The zero-order chi connectivity index (χ0) is 23.3. The summed E-state index contributed by atoms with van der Waals surface area (Å²) >= 11 is 0. The van der Waals surface area contributed by atoms with E-state index in [2.05, 4.69) is 79.9 Å². The van der Waals surface area contributed by atoms with Crippen LogP contribution in [0.2, 0.25) is 0 Å². The lowest BCUT2D eigenvalue weighted by molar-refractivity contribution is -0.124. The molecule has 1 aliphatic heterocycles. The van der Waals surface area contributed by atoms with E-state index in [0.29, 0.717) is 13.1 Å². The van der Waals surface area contributed by atoms with Crippen molar-refractivity contribution in [3.8, 4) is 5.75 Å². The van der Waals surface area contributed by atoms with Gasteiger partial charge in [0.15, 0.2) is 0 Å². The summed E-state index contributed by atoms with van der Waals surface area (Å²) in [6.45, 7) is 4.27. The van der Waals surface area contributed by atoms with E-state index in [0.717, 1.165) is 48.5 Å². The molecule has 5 rings (SSSR count). The average Bonchev–Trinajstić information content (AvgIpc) is 3.32. The zero-order valence-corrected chi connectivity index (χ0v) is 19.3. The van der Waals surface area contributed by atoms with Gasteiger partial charge in [0.25, 0.3) is 0 Å². The first kappa shape index (κ1) is 22.0. The van der Waals surface area contributed by atoms with Crippen molar-refractivity contribution in [2.24, 2.45) is 0 Å². The lowest BCUT2D eigenvalue weighted by atomic mass is 10.1. The summed E-state index contributed by atoms with van der Waals surface area (Å²) in [4.78, 5) is 16.4. The maximum Gasteiger partial charge on any atom is 0.234 e. The summed E-state index contributed by atoms with van der Waals surface area (Å²) in [6.07, 6.45) is 1.84. The van der Waals surface area contributed by atoms with Gasteiger partial charge < -0.3 is 15.0 Å². The third kappa shape index (κ3) is 5.21. The number of carbonyl (C=O) groups excluding carboxylic acids is 1. The fourth-order valence-electron chi connectivity index (χ4n) is 4.47. The molecule has 4 aromatic rings. The van der Waals surface area contributed by atoms with Crippen LogP contribution in [0.1, 0.15) is 16.7 Å². The zero-order valence-electron chi connectivity index (χ0n) is 19.3. The number of aromatic amines is 1. The highest BCUT2D eigenvalue weighted by atomic mass is 16.5. The van der Waals surface area contributed by atoms with Gasteiger partial charge in [0, 0.05) is 43.8 Å². The lowest BCUT2D eigenvalue weighted by Gasteiger charge is -2.28. The Labute approximate surface area is 199 Å². The molecule has 0 unspecified atom stereocenters. The molecule has 7 nitrogen and oxygen atoms in total. The number of hydrogen-bond acceptors (Lipinski definition) is 5. The van der Waals surface area contributed by atoms with Crippen molar-refractivity contribution in [1.29, 1.82) is 0 Å². The highest BCUT2D eigenvalue weighted by molar-refractivity contribution is 5.79. The number of aromatic nitrogens is 2. The van der Waals surface area contributed by atoms with Crippen LogP contribution in [0.4, 0.5) is 5.69 Å². The number of ether oxygens (including phenoxy) is 1. The molecule has 1 aliphatic rings. The molecule has 0 bridgehead atoms. The minimum atomic E-state index is 0.0938.